The normalized spacial score (nSPS) is 11.8. The van der Waals surface area contributed by atoms with Gasteiger partial charge in [0.15, 0.2) is 0 Å². The Balaban J connectivity index is 0.00000256. The van der Waals surface area contributed by atoms with Gasteiger partial charge in [-0.3, -0.25) is 4.79 Å². The molecule has 0 aromatic heterocycles. The van der Waals surface area contributed by atoms with Gasteiger partial charge in [0.1, 0.15) is 0 Å². The van der Waals surface area contributed by atoms with Crippen LogP contribution < -0.4 is 10.6 Å². The average Bonchev–Trinajstić information content (AvgIpc) is 2.26. The molecule has 0 fully saturated rings. The molecule has 1 atom stereocenters. The lowest BCUT2D eigenvalue weighted by Crippen LogP contribution is -2.39. The number of hydrogen-bond acceptors (Lipinski definition) is 2. The molecule has 1 rings (SSSR count). The minimum atomic E-state index is -0.125. The Morgan fingerprint density at radius 3 is 2.29 bits per heavy atom. The van der Waals surface area contributed by atoms with Crippen LogP contribution in [0.3, 0.4) is 0 Å². The molecular formula is C13H21ClN2O. The van der Waals surface area contributed by atoms with Crippen molar-refractivity contribution in [3.05, 3.63) is 30.3 Å². The van der Waals surface area contributed by atoms with Gasteiger partial charge in [-0.05, 0) is 31.5 Å². The van der Waals surface area contributed by atoms with Gasteiger partial charge in [-0.1, -0.05) is 32.0 Å². The average molecular weight is 257 g/mol. The third-order valence-electron chi connectivity index (χ3n) is 2.41. The number of carbonyl (C=O) groups excluding carboxylic acids is 1. The van der Waals surface area contributed by atoms with Crippen molar-refractivity contribution in [3.63, 3.8) is 0 Å². The molecule has 0 aliphatic rings. The fraction of sp³-hybridized carbons (Fsp3) is 0.462. The van der Waals surface area contributed by atoms with E-state index in [4.69, 9.17) is 0 Å². The second-order valence-electron chi connectivity index (χ2n) is 4.33. The van der Waals surface area contributed by atoms with Crippen LogP contribution in [0.25, 0.3) is 0 Å². The molecule has 1 aromatic rings. The van der Waals surface area contributed by atoms with Crippen molar-refractivity contribution in [3.8, 4) is 0 Å². The van der Waals surface area contributed by atoms with Crippen molar-refractivity contribution in [2.24, 2.45) is 5.92 Å². The molecule has 0 saturated heterocycles. The molecule has 96 valence electrons. The lowest BCUT2D eigenvalue weighted by Gasteiger charge is -2.17. The van der Waals surface area contributed by atoms with Gasteiger partial charge >= 0.3 is 0 Å². The molecule has 0 heterocycles. The summed E-state index contributed by atoms with van der Waals surface area (Å²) >= 11 is 0. The van der Waals surface area contributed by atoms with Gasteiger partial charge in [-0.15, -0.1) is 12.4 Å². The van der Waals surface area contributed by atoms with E-state index in [0.717, 1.165) is 12.1 Å². The maximum atomic E-state index is 11.9. The number of amides is 1. The Hall–Kier alpha value is -1.06. The highest BCUT2D eigenvalue weighted by Gasteiger charge is 2.17. The highest BCUT2D eigenvalue weighted by molar-refractivity contribution is 5.94. The summed E-state index contributed by atoms with van der Waals surface area (Å²) in [6, 6.07) is 9.40. The summed E-state index contributed by atoms with van der Waals surface area (Å²) in [6.45, 7) is 4.22. The second kappa shape index (κ2) is 8.09. The Morgan fingerprint density at radius 1 is 1.24 bits per heavy atom. The van der Waals surface area contributed by atoms with Gasteiger partial charge in [0.25, 0.3) is 0 Å². The number of carbonyl (C=O) groups is 1. The van der Waals surface area contributed by atoms with Crippen LogP contribution in [0.2, 0.25) is 0 Å². The van der Waals surface area contributed by atoms with E-state index in [0.29, 0.717) is 5.92 Å². The predicted molar refractivity (Wildman–Crippen MR) is 74.6 cm³/mol. The Bertz CT molecular complexity index is 327. The van der Waals surface area contributed by atoms with Crippen LogP contribution >= 0.6 is 12.4 Å². The summed E-state index contributed by atoms with van der Waals surface area (Å²) in [5.41, 5.74) is 0.844. The highest BCUT2D eigenvalue weighted by atomic mass is 35.5. The van der Waals surface area contributed by atoms with Crippen LogP contribution in [-0.2, 0) is 4.79 Å². The smallest absolute Gasteiger partial charge is 0.241 e. The number of hydrogen-bond donors (Lipinski definition) is 2. The molecule has 1 amide bonds. The highest BCUT2D eigenvalue weighted by Crippen LogP contribution is 2.09. The van der Waals surface area contributed by atoms with Crippen molar-refractivity contribution in [1.82, 2.24) is 5.32 Å². The van der Waals surface area contributed by atoms with Crippen LogP contribution in [0.1, 0.15) is 20.3 Å². The number of anilines is 1. The SMILES string of the molecule is CNC(CC(C)C)C(=O)Nc1ccccc1.Cl. The third kappa shape index (κ3) is 5.71. The van der Waals surface area contributed by atoms with Gasteiger partial charge < -0.3 is 10.6 Å². The van der Waals surface area contributed by atoms with E-state index < -0.39 is 0 Å². The zero-order chi connectivity index (χ0) is 12.0. The number of nitrogens with one attached hydrogen (secondary N) is 2. The summed E-state index contributed by atoms with van der Waals surface area (Å²) in [6.07, 6.45) is 0.842. The van der Waals surface area contributed by atoms with Gasteiger partial charge in [0.05, 0.1) is 6.04 Å². The zero-order valence-corrected chi connectivity index (χ0v) is 11.4. The molecule has 0 radical (unpaired) electrons. The zero-order valence-electron chi connectivity index (χ0n) is 10.6. The van der Waals surface area contributed by atoms with Crippen LogP contribution in [0, 0.1) is 5.92 Å². The molecule has 0 aliphatic carbocycles. The molecule has 17 heavy (non-hydrogen) atoms. The molecule has 0 spiro atoms. The topological polar surface area (TPSA) is 41.1 Å². The third-order valence-corrected chi connectivity index (χ3v) is 2.41. The lowest BCUT2D eigenvalue weighted by atomic mass is 10.0. The predicted octanol–water partition coefficient (Wildman–Crippen LogP) is 2.68. The molecule has 0 aliphatic heterocycles. The first kappa shape index (κ1) is 15.9. The van der Waals surface area contributed by atoms with Crippen molar-refractivity contribution < 1.29 is 4.79 Å². The number of para-hydroxylation sites is 1. The van der Waals surface area contributed by atoms with Gasteiger partial charge in [0.2, 0.25) is 5.91 Å². The van der Waals surface area contributed by atoms with E-state index in [-0.39, 0.29) is 24.4 Å². The van der Waals surface area contributed by atoms with Gasteiger partial charge in [0, 0.05) is 5.69 Å². The van der Waals surface area contributed by atoms with Crippen LogP contribution in [0.5, 0.6) is 0 Å². The largest absolute Gasteiger partial charge is 0.325 e. The van der Waals surface area contributed by atoms with E-state index in [1.807, 2.05) is 37.4 Å². The Kier molecular flexibility index (Phi) is 7.59. The number of halogens is 1. The number of benzene rings is 1. The van der Waals surface area contributed by atoms with E-state index >= 15 is 0 Å². The molecule has 0 bridgehead atoms. The summed E-state index contributed by atoms with van der Waals surface area (Å²) in [4.78, 5) is 11.9. The summed E-state index contributed by atoms with van der Waals surface area (Å²) in [5, 5.41) is 5.94. The standard InChI is InChI=1S/C13H20N2O.ClH/c1-10(2)9-12(14-3)13(16)15-11-7-5-4-6-8-11;/h4-8,10,12,14H,9H2,1-3H3,(H,15,16);1H. The molecule has 1 aromatic carbocycles. The first-order valence-electron chi connectivity index (χ1n) is 5.66. The molecule has 3 nitrogen and oxygen atoms in total. The summed E-state index contributed by atoms with van der Waals surface area (Å²) in [5.74, 6) is 0.529. The van der Waals surface area contributed by atoms with Gasteiger partial charge in [-0.25, -0.2) is 0 Å². The van der Waals surface area contributed by atoms with Crippen molar-refractivity contribution in [1.29, 1.82) is 0 Å². The molecular weight excluding hydrogens is 236 g/mol. The molecule has 4 heteroatoms. The van der Waals surface area contributed by atoms with Crippen LogP contribution in [0.4, 0.5) is 5.69 Å². The fourth-order valence-electron chi connectivity index (χ4n) is 1.58. The maximum absolute atomic E-state index is 11.9. The molecule has 0 saturated carbocycles. The summed E-state index contributed by atoms with van der Waals surface area (Å²) in [7, 11) is 1.82. The maximum Gasteiger partial charge on any atom is 0.241 e. The lowest BCUT2D eigenvalue weighted by molar-refractivity contribution is -0.118. The van der Waals surface area contributed by atoms with Crippen molar-refractivity contribution in [2.45, 2.75) is 26.3 Å². The first-order valence-corrected chi connectivity index (χ1v) is 5.66. The second-order valence-corrected chi connectivity index (χ2v) is 4.33. The minimum absolute atomic E-state index is 0. The summed E-state index contributed by atoms with van der Waals surface area (Å²) < 4.78 is 0. The van der Waals surface area contributed by atoms with E-state index in [9.17, 15) is 4.79 Å². The molecule has 1 unspecified atom stereocenters. The monoisotopic (exact) mass is 256 g/mol. The quantitative estimate of drug-likeness (QED) is 0.851. The minimum Gasteiger partial charge on any atom is -0.325 e. The first-order chi connectivity index (χ1) is 7.63. The van der Waals surface area contributed by atoms with Crippen LogP contribution in [-0.4, -0.2) is 19.0 Å². The van der Waals surface area contributed by atoms with E-state index in [2.05, 4.69) is 24.5 Å². The fourth-order valence-corrected chi connectivity index (χ4v) is 1.58. The van der Waals surface area contributed by atoms with Gasteiger partial charge in [-0.2, -0.15) is 0 Å². The van der Waals surface area contributed by atoms with E-state index in [1.54, 1.807) is 0 Å². The Morgan fingerprint density at radius 2 is 1.82 bits per heavy atom. The van der Waals surface area contributed by atoms with Crippen LogP contribution in [0.15, 0.2) is 30.3 Å². The Labute approximate surface area is 109 Å². The van der Waals surface area contributed by atoms with Crippen molar-refractivity contribution >= 4 is 24.0 Å². The van der Waals surface area contributed by atoms with E-state index in [1.165, 1.54) is 0 Å². The van der Waals surface area contributed by atoms with Crippen molar-refractivity contribution in [2.75, 3.05) is 12.4 Å². The molecule has 2 N–H and O–H groups in total. The number of rotatable bonds is 5. The number of likely N-dealkylation sites (N-methyl/N-ethyl adjacent to an activating group) is 1.